The quantitative estimate of drug-likeness (QED) is 0.226. The highest BCUT2D eigenvalue weighted by molar-refractivity contribution is 7.92. The fraction of sp³-hybridized carbons (Fsp3) is 0.257. The van der Waals surface area contributed by atoms with Crippen molar-refractivity contribution in [3.63, 3.8) is 0 Å². The van der Waals surface area contributed by atoms with Gasteiger partial charge in [0.05, 0.1) is 24.8 Å². The van der Waals surface area contributed by atoms with Crippen LogP contribution in [0.2, 0.25) is 0 Å². The van der Waals surface area contributed by atoms with Gasteiger partial charge in [0, 0.05) is 26.1 Å². The van der Waals surface area contributed by atoms with Crippen LogP contribution in [0.15, 0.2) is 102 Å². The lowest BCUT2D eigenvalue weighted by Crippen LogP contribution is -2.53. The third-order valence-corrected chi connectivity index (χ3v) is 9.43. The highest BCUT2D eigenvalue weighted by atomic mass is 32.2. The second-order valence-corrected chi connectivity index (χ2v) is 12.5. The zero-order chi connectivity index (χ0) is 32.6. The molecule has 45 heavy (non-hydrogen) atoms. The maximum Gasteiger partial charge on any atom is 0.264 e. The highest BCUT2D eigenvalue weighted by Crippen LogP contribution is 2.32. The molecule has 0 fully saturated rings. The molecule has 1 unspecified atom stereocenters. The summed E-state index contributed by atoms with van der Waals surface area (Å²) in [7, 11) is 0.114. The van der Waals surface area contributed by atoms with Crippen LogP contribution >= 0.6 is 0 Å². The van der Waals surface area contributed by atoms with E-state index < -0.39 is 28.5 Å². The number of carbonyl (C=O) groups excluding carboxylic acids is 2. The van der Waals surface area contributed by atoms with Crippen molar-refractivity contribution in [2.45, 2.75) is 37.8 Å². The molecule has 0 heterocycles. The molecule has 0 bridgehead atoms. The van der Waals surface area contributed by atoms with Crippen LogP contribution < -0.4 is 19.1 Å². The SMILES string of the molecule is CNC(=O)C(Cc1ccccc1)N(Cc1ccccc1C)C(=O)CN(c1ccc(C)cc1)S(=O)(=O)c1ccc(OC)c(OC)c1. The first kappa shape index (κ1) is 33.1. The van der Waals surface area contributed by atoms with Crippen molar-refractivity contribution >= 4 is 27.5 Å². The van der Waals surface area contributed by atoms with E-state index in [2.05, 4.69) is 5.32 Å². The predicted molar refractivity (Wildman–Crippen MR) is 175 cm³/mol. The molecule has 4 aromatic carbocycles. The van der Waals surface area contributed by atoms with Gasteiger partial charge in [-0.15, -0.1) is 0 Å². The van der Waals surface area contributed by atoms with Crippen LogP contribution in [-0.4, -0.2) is 59.0 Å². The van der Waals surface area contributed by atoms with E-state index in [-0.39, 0.29) is 29.5 Å². The minimum absolute atomic E-state index is 0.0777. The first-order valence-electron chi connectivity index (χ1n) is 14.5. The molecule has 0 aliphatic heterocycles. The maximum atomic E-state index is 14.5. The van der Waals surface area contributed by atoms with Crippen molar-refractivity contribution in [3.8, 4) is 11.5 Å². The lowest BCUT2D eigenvalue weighted by atomic mass is 10.0. The summed E-state index contributed by atoms with van der Waals surface area (Å²) in [6.07, 6.45) is 0.241. The molecule has 0 saturated heterocycles. The van der Waals surface area contributed by atoms with E-state index in [1.807, 2.05) is 68.4 Å². The Kier molecular flexibility index (Phi) is 10.9. The number of likely N-dealkylation sites (N-methyl/N-ethyl adjacent to an activating group) is 1. The number of nitrogens with one attached hydrogen (secondary N) is 1. The van der Waals surface area contributed by atoms with E-state index in [4.69, 9.17) is 9.47 Å². The van der Waals surface area contributed by atoms with Crippen LogP contribution in [0.5, 0.6) is 11.5 Å². The molecule has 0 spiro atoms. The summed E-state index contributed by atoms with van der Waals surface area (Å²) in [6.45, 7) is 3.39. The van der Waals surface area contributed by atoms with E-state index in [0.29, 0.717) is 11.4 Å². The Morgan fingerprint density at radius 3 is 2.09 bits per heavy atom. The van der Waals surface area contributed by atoms with Crippen molar-refractivity contribution in [3.05, 3.63) is 119 Å². The molecule has 4 aromatic rings. The average molecular weight is 630 g/mol. The second kappa shape index (κ2) is 14.8. The minimum atomic E-state index is -4.29. The number of rotatable bonds is 13. The normalized spacial score (nSPS) is 11.8. The Morgan fingerprint density at radius 2 is 1.47 bits per heavy atom. The number of aryl methyl sites for hydroxylation is 2. The van der Waals surface area contributed by atoms with Gasteiger partial charge in [-0.1, -0.05) is 72.3 Å². The average Bonchev–Trinajstić information content (AvgIpc) is 3.06. The third-order valence-electron chi connectivity index (χ3n) is 7.66. The summed E-state index contributed by atoms with van der Waals surface area (Å²) in [4.78, 5) is 29.3. The van der Waals surface area contributed by atoms with Crippen molar-refractivity contribution in [2.75, 3.05) is 32.1 Å². The Morgan fingerprint density at radius 1 is 0.822 bits per heavy atom. The molecule has 0 aliphatic carbocycles. The fourth-order valence-electron chi connectivity index (χ4n) is 5.04. The number of carbonyl (C=O) groups is 2. The lowest BCUT2D eigenvalue weighted by Gasteiger charge is -2.34. The summed E-state index contributed by atoms with van der Waals surface area (Å²) in [5, 5.41) is 2.70. The van der Waals surface area contributed by atoms with Gasteiger partial charge in [0.15, 0.2) is 11.5 Å². The summed E-state index contributed by atoms with van der Waals surface area (Å²) in [5.41, 5.74) is 3.88. The maximum absolute atomic E-state index is 14.5. The first-order chi connectivity index (χ1) is 21.6. The monoisotopic (exact) mass is 629 g/mol. The molecule has 1 atom stereocenters. The molecule has 4 rings (SSSR count). The Hall–Kier alpha value is -4.83. The Labute approximate surface area is 265 Å². The number of hydrogen-bond donors (Lipinski definition) is 1. The van der Waals surface area contributed by atoms with Gasteiger partial charge in [0.25, 0.3) is 10.0 Å². The number of nitrogens with zero attached hydrogens (tertiary/aromatic N) is 2. The van der Waals surface area contributed by atoms with E-state index in [9.17, 15) is 18.0 Å². The number of anilines is 1. The second-order valence-electron chi connectivity index (χ2n) is 10.6. The van der Waals surface area contributed by atoms with Crippen LogP contribution in [0.3, 0.4) is 0 Å². The van der Waals surface area contributed by atoms with Crippen LogP contribution in [0.4, 0.5) is 5.69 Å². The largest absolute Gasteiger partial charge is 0.493 e. The van der Waals surface area contributed by atoms with Crippen molar-refractivity contribution in [1.82, 2.24) is 10.2 Å². The molecule has 0 saturated carbocycles. The molecular formula is C35H39N3O6S. The number of benzene rings is 4. The molecule has 0 radical (unpaired) electrons. The molecule has 10 heteroatoms. The number of ether oxygens (including phenoxy) is 2. The van der Waals surface area contributed by atoms with Crippen LogP contribution in [0.25, 0.3) is 0 Å². The van der Waals surface area contributed by atoms with Gasteiger partial charge in [-0.2, -0.15) is 0 Å². The van der Waals surface area contributed by atoms with E-state index in [1.54, 1.807) is 24.3 Å². The molecule has 9 nitrogen and oxygen atoms in total. The van der Waals surface area contributed by atoms with Crippen LogP contribution in [0, 0.1) is 13.8 Å². The third kappa shape index (κ3) is 7.82. The lowest BCUT2D eigenvalue weighted by molar-refractivity contribution is -0.139. The Balaban J connectivity index is 1.81. The number of hydrogen-bond acceptors (Lipinski definition) is 6. The smallest absolute Gasteiger partial charge is 0.264 e. The molecule has 0 aromatic heterocycles. The van der Waals surface area contributed by atoms with Gasteiger partial charge in [-0.25, -0.2) is 8.42 Å². The highest BCUT2D eigenvalue weighted by Gasteiger charge is 2.34. The van der Waals surface area contributed by atoms with Gasteiger partial charge in [-0.05, 0) is 54.8 Å². The molecule has 0 aliphatic rings. The fourth-order valence-corrected chi connectivity index (χ4v) is 6.47. The van der Waals surface area contributed by atoms with E-state index >= 15 is 0 Å². The van der Waals surface area contributed by atoms with Crippen molar-refractivity contribution in [1.29, 1.82) is 0 Å². The summed E-state index contributed by atoms with van der Waals surface area (Å²) in [6, 6.07) is 27.3. The summed E-state index contributed by atoms with van der Waals surface area (Å²) >= 11 is 0. The molecule has 236 valence electrons. The van der Waals surface area contributed by atoms with Gasteiger partial charge in [0.1, 0.15) is 12.6 Å². The van der Waals surface area contributed by atoms with E-state index in [0.717, 1.165) is 26.6 Å². The summed E-state index contributed by atoms with van der Waals surface area (Å²) in [5.74, 6) is -0.288. The standard InChI is InChI=1S/C35H39N3O6S/c1-25-15-17-29(18-16-25)38(45(41,42)30-19-20-32(43-4)33(22-30)44-5)24-34(39)37(23-28-14-10-9-11-26(28)2)31(35(40)36-3)21-27-12-7-6-8-13-27/h6-20,22,31H,21,23-24H2,1-5H3,(H,36,40). The first-order valence-corrected chi connectivity index (χ1v) is 15.9. The minimum Gasteiger partial charge on any atom is -0.493 e. The zero-order valence-electron chi connectivity index (χ0n) is 26.2. The van der Waals surface area contributed by atoms with Gasteiger partial charge in [-0.3, -0.25) is 13.9 Å². The van der Waals surface area contributed by atoms with Gasteiger partial charge >= 0.3 is 0 Å². The number of amides is 2. The summed E-state index contributed by atoms with van der Waals surface area (Å²) < 4.78 is 40.3. The molecule has 1 N–H and O–H groups in total. The molecular weight excluding hydrogens is 590 g/mol. The predicted octanol–water partition coefficient (Wildman–Crippen LogP) is 4.90. The zero-order valence-corrected chi connectivity index (χ0v) is 27.0. The number of sulfonamides is 1. The van der Waals surface area contributed by atoms with Crippen molar-refractivity contribution in [2.24, 2.45) is 0 Å². The Bertz CT molecular complexity index is 1730. The van der Waals surface area contributed by atoms with Gasteiger partial charge < -0.3 is 19.7 Å². The van der Waals surface area contributed by atoms with Gasteiger partial charge in [0.2, 0.25) is 11.8 Å². The van der Waals surface area contributed by atoms with Crippen molar-refractivity contribution < 1.29 is 27.5 Å². The van der Waals surface area contributed by atoms with E-state index in [1.165, 1.54) is 44.4 Å². The van der Waals surface area contributed by atoms with Crippen LogP contribution in [-0.2, 0) is 32.6 Å². The number of methoxy groups -OCH3 is 2. The van der Waals surface area contributed by atoms with Crippen LogP contribution in [0.1, 0.15) is 22.3 Å². The molecule has 2 amide bonds. The topological polar surface area (TPSA) is 105 Å².